The van der Waals surface area contributed by atoms with Crippen LogP contribution < -0.4 is 5.32 Å². The Balaban J connectivity index is 2.49. The van der Waals surface area contributed by atoms with Crippen molar-refractivity contribution in [2.45, 2.75) is 13.3 Å². The molecule has 0 saturated carbocycles. The van der Waals surface area contributed by atoms with Crippen molar-refractivity contribution in [3.8, 4) is 0 Å². The highest BCUT2D eigenvalue weighted by Crippen LogP contribution is 2.10. The number of rotatable bonds is 6. The first kappa shape index (κ1) is 15.2. The largest absolute Gasteiger partial charge is 0.385 e. The van der Waals surface area contributed by atoms with E-state index in [-0.39, 0.29) is 11.8 Å². The van der Waals surface area contributed by atoms with E-state index >= 15 is 0 Å². The number of nitrogens with zero attached hydrogens (tertiary/aromatic N) is 1. The van der Waals surface area contributed by atoms with Crippen molar-refractivity contribution in [1.82, 2.24) is 4.90 Å². The Bertz CT molecular complexity index is 429. The molecule has 1 aromatic carbocycles. The van der Waals surface area contributed by atoms with Gasteiger partial charge in [0.25, 0.3) is 0 Å². The summed E-state index contributed by atoms with van der Waals surface area (Å²) in [5.41, 5.74) is 1.31. The molecule has 0 radical (unpaired) electrons. The minimum Gasteiger partial charge on any atom is -0.385 e. The summed E-state index contributed by atoms with van der Waals surface area (Å²) < 4.78 is 4.94. The van der Waals surface area contributed by atoms with Crippen molar-refractivity contribution in [2.24, 2.45) is 0 Å². The number of carbonyl (C=O) groups is 2. The van der Waals surface area contributed by atoms with Crippen LogP contribution in [0.2, 0.25) is 0 Å². The van der Waals surface area contributed by atoms with Gasteiger partial charge in [0.2, 0.25) is 0 Å². The van der Waals surface area contributed by atoms with Crippen molar-refractivity contribution in [3.05, 3.63) is 29.8 Å². The summed E-state index contributed by atoms with van der Waals surface area (Å²) in [4.78, 5) is 24.6. The second-order valence-corrected chi connectivity index (χ2v) is 4.33. The monoisotopic (exact) mass is 264 g/mol. The first-order chi connectivity index (χ1) is 9.04. The van der Waals surface area contributed by atoms with Gasteiger partial charge >= 0.3 is 6.03 Å². The second kappa shape index (κ2) is 7.53. The second-order valence-electron chi connectivity index (χ2n) is 4.33. The molecule has 0 bridgehead atoms. The Morgan fingerprint density at radius 2 is 1.89 bits per heavy atom. The summed E-state index contributed by atoms with van der Waals surface area (Å²) in [6.45, 7) is 2.77. The van der Waals surface area contributed by atoms with Crippen LogP contribution >= 0.6 is 0 Å². The average Bonchev–Trinajstić information content (AvgIpc) is 2.39. The predicted molar refractivity (Wildman–Crippen MR) is 74.6 cm³/mol. The molecular weight excluding hydrogens is 244 g/mol. The molecule has 0 aliphatic rings. The van der Waals surface area contributed by atoms with E-state index in [1.54, 1.807) is 43.3 Å². The Kier molecular flexibility index (Phi) is 6.02. The van der Waals surface area contributed by atoms with E-state index < -0.39 is 0 Å². The van der Waals surface area contributed by atoms with Crippen LogP contribution in [0, 0.1) is 0 Å². The van der Waals surface area contributed by atoms with Gasteiger partial charge in [-0.2, -0.15) is 0 Å². The minimum absolute atomic E-state index is 0.00885. The summed E-state index contributed by atoms with van der Waals surface area (Å²) in [5, 5.41) is 2.77. The third-order valence-corrected chi connectivity index (χ3v) is 2.73. The van der Waals surface area contributed by atoms with Crippen molar-refractivity contribution >= 4 is 17.5 Å². The third-order valence-electron chi connectivity index (χ3n) is 2.73. The zero-order valence-corrected chi connectivity index (χ0v) is 11.6. The molecule has 5 heteroatoms. The number of benzene rings is 1. The highest BCUT2D eigenvalue weighted by atomic mass is 16.5. The van der Waals surface area contributed by atoms with Crippen molar-refractivity contribution in [2.75, 3.05) is 32.6 Å². The molecule has 0 aliphatic carbocycles. The summed E-state index contributed by atoms with van der Waals surface area (Å²) in [5.74, 6) is 0.00885. The maximum atomic E-state index is 11.8. The first-order valence-corrected chi connectivity index (χ1v) is 6.16. The average molecular weight is 264 g/mol. The lowest BCUT2D eigenvalue weighted by Gasteiger charge is -2.17. The van der Waals surface area contributed by atoms with Crippen molar-refractivity contribution in [3.63, 3.8) is 0 Å². The quantitative estimate of drug-likeness (QED) is 0.634. The SMILES string of the molecule is COCCCN(C)C(=O)Nc1ccc(C(C)=O)cc1. The van der Waals surface area contributed by atoms with E-state index in [1.165, 1.54) is 6.92 Å². The van der Waals surface area contributed by atoms with Crippen LogP contribution in [0.15, 0.2) is 24.3 Å². The number of Topliss-reactive ketones (excluding diaryl/α,β-unsaturated/α-hetero) is 1. The summed E-state index contributed by atoms with van der Waals surface area (Å²) in [6.07, 6.45) is 0.795. The Morgan fingerprint density at radius 1 is 1.26 bits per heavy atom. The van der Waals surface area contributed by atoms with Gasteiger partial charge in [-0.15, -0.1) is 0 Å². The normalized spacial score (nSPS) is 10.1. The summed E-state index contributed by atoms with van der Waals surface area (Å²) >= 11 is 0. The minimum atomic E-state index is -0.174. The lowest BCUT2D eigenvalue weighted by atomic mass is 10.1. The van der Waals surface area contributed by atoms with Crippen LogP contribution in [0.4, 0.5) is 10.5 Å². The number of hydrogen-bond donors (Lipinski definition) is 1. The van der Waals surface area contributed by atoms with Gasteiger partial charge in [-0.3, -0.25) is 4.79 Å². The van der Waals surface area contributed by atoms with Gasteiger partial charge in [0, 0.05) is 38.6 Å². The molecule has 0 saturated heterocycles. The summed E-state index contributed by atoms with van der Waals surface area (Å²) in [7, 11) is 3.37. The number of amides is 2. The zero-order chi connectivity index (χ0) is 14.3. The summed E-state index contributed by atoms with van der Waals surface area (Å²) in [6, 6.07) is 6.66. The van der Waals surface area contributed by atoms with Crippen molar-refractivity contribution in [1.29, 1.82) is 0 Å². The predicted octanol–water partition coefficient (Wildman–Crippen LogP) is 2.39. The number of carbonyl (C=O) groups excluding carboxylic acids is 2. The van der Waals surface area contributed by atoms with Gasteiger partial charge in [0.15, 0.2) is 5.78 Å². The van der Waals surface area contributed by atoms with E-state index in [0.717, 1.165) is 6.42 Å². The van der Waals surface area contributed by atoms with E-state index in [1.807, 2.05) is 0 Å². The lowest BCUT2D eigenvalue weighted by Crippen LogP contribution is -2.32. The van der Waals surface area contributed by atoms with E-state index in [2.05, 4.69) is 5.32 Å². The van der Waals surface area contributed by atoms with E-state index in [9.17, 15) is 9.59 Å². The number of ketones is 1. The van der Waals surface area contributed by atoms with Gasteiger partial charge in [-0.05, 0) is 37.6 Å². The standard InChI is InChI=1S/C14H20N2O3/c1-11(17)12-5-7-13(8-6-12)15-14(18)16(2)9-4-10-19-3/h5-8H,4,9-10H2,1-3H3,(H,15,18). The molecule has 0 heterocycles. The molecule has 1 N–H and O–H groups in total. The molecule has 0 fully saturated rings. The van der Waals surface area contributed by atoms with E-state index in [0.29, 0.717) is 24.4 Å². The highest BCUT2D eigenvalue weighted by molar-refractivity contribution is 5.95. The number of nitrogens with one attached hydrogen (secondary N) is 1. The molecule has 19 heavy (non-hydrogen) atoms. The van der Waals surface area contributed by atoms with Gasteiger partial charge in [0.05, 0.1) is 0 Å². The van der Waals surface area contributed by atoms with Gasteiger partial charge in [-0.25, -0.2) is 4.79 Å². The van der Waals surface area contributed by atoms with Gasteiger partial charge < -0.3 is 15.0 Å². The van der Waals surface area contributed by atoms with Crippen LogP contribution in [0.5, 0.6) is 0 Å². The van der Waals surface area contributed by atoms with Crippen LogP contribution in [0.25, 0.3) is 0 Å². The van der Waals surface area contributed by atoms with Gasteiger partial charge in [-0.1, -0.05) is 0 Å². The van der Waals surface area contributed by atoms with Crippen LogP contribution in [0.1, 0.15) is 23.7 Å². The van der Waals surface area contributed by atoms with Crippen LogP contribution in [0.3, 0.4) is 0 Å². The molecule has 1 rings (SSSR count). The maximum absolute atomic E-state index is 11.8. The number of hydrogen-bond acceptors (Lipinski definition) is 3. The highest BCUT2D eigenvalue weighted by Gasteiger charge is 2.08. The zero-order valence-electron chi connectivity index (χ0n) is 11.6. The first-order valence-electron chi connectivity index (χ1n) is 6.16. The molecule has 1 aromatic rings. The third kappa shape index (κ3) is 5.09. The molecule has 0 spiro atoms. The number of urea groups is 1. The molecule has 0 aliphatic heterocycles. The number of ether oxygens (including phenoxy) is 1. The molecule has 2 amide bonds. The van der Waals surface area contributed by atoms with Gasteiger partial charge in [0.1, 0.15) is 0 Å². The maximum Gasteiger partial charge on any atom is 0.321 e. The van der Waals surface area contributed by atoms with Crippen molar-refractivity contribution < 1.29 is 14.3 Å². The van der Waals surface area contributed by atoms with Crippen LogP contribution in [-0.2, 0) is 4.74 Å². The Morgan fingerprint density at radius 3 is 2.42 bits per heavy atom. The smallest absolute Gasteiger partial charge is 0.321 e. The molecule has 0 unspecified atom stereocenters. The Labute approximate surface area is 113 Å². The molecule has 5 nitrogen and oxygen atoms in total. The van der Waals surface area contributed by atoms with Crippen LogP contribution in [-0.4, -0.2) is 44.0 Å². The molecule has 104 valence electrons. The lowest BCUT2D eigenvalue weighted by molar-refractivity contribution is 0.101. The fourth-order valence-corrected chi connectivity index (χ4v) is 1.55. The molecular formula is C14H20N2O3. The fraction of sp³-hybridized carbons (Fsp3) is 0.429. The molecule has 0 aromatic heterocycles. The topological polar surface area (TPSA) is 58.6 Å². The Hall–Kier alpha value is -1.88. The van der Waals surface area contributed by atoms with E-state index in [4.69, 9.17) is 4.74 Å². The number of anilines is 1. The molecule has 0 atom stereocenters. The number of methoxy groups -OCH3 is 1. The fourth-order valence-electron chi connectivity index (χ4n) is 1.55.